The molecule has 0 saturated heterocycles. The van der Waals surface area contributed by atoms with Crippen LogP contribution in [0, 0.1) is 10.1 Å². The van der Waals surface area contributed by atoms with E-state index in [9.17, 15) is 24.5 Å². The molecule has 2 N–H and O–H groups in total. The number of carbonyl (C=O) groups is 3. The summed E-state index contributed by atoms with van der Waals surface area (Å²) in [5.41, 5.74) is -0.516. The molecule has 1 aliphatic rings. The fraction of sp³-hybridized carbons (Fsp3) is 0.273. The van der Waals surface area contributed by atoms with Gasteiger partial charge in [-0.15, -0.1) is 0 Å². The number of carbonyl (C=O) groups excluding carboxylic acids is 3. The highest BCUT2D eigenvalue weighted by Gasteiger charge is 2.27. The molecule has 0 unspecified atom stereocenters. The number of amidine groups is 1. The normalized spacial score (nSPS) is 15.6. The molecule has 3 rings (SSSR count). The number of hydrogen-bond donors (Lipinski definition) is 2. The molecular formula is C22H22N4O7S. The van der Waals surface area contributed by atoms with Gasteiger partial charge in [-0.1, -0.05) is 12.1 Å². The number of ether oxygens (including phenoxy) is 1. The Kier molecular flexibility index (Phi) is 7.20. The number of benzene rings is 1. The highest BCUT2D eigenvalue weighted by molar-refractivity contribution is 8.18. The molecule has 0 radical (unpaired) electrons. The van der Waals surface area contributed by atoms with Crippen LogP contribution >= 0.6 is 11.8 Å². The van der Waals surface area contributed by atoms with E-state index in [0.717, 1.165) is 11.8 Å². The van der Waals surface area contributed by atoms with Crippen molar-refractivity contribution in [3.05, 3.63) is 57.2 Å². The molecule has 0 bridgehead atoms. The first kappa shape index (κ1) is 24.7. The Morgan fingerprint density at radius 3 is 2.62 bits per heavy atom. The maximum absolute atomic E-state index is 12.3. The van der Waals surface area contributed by atoms with Crippen LogP contribution in [0.4, 0.5) is 10.5 Å². The Labute approximate surface area is 198 Å². The van der Waals surface area contributed by atoms with Gasteiger partial charge in [-0.05, 0) is 57.7 Å². The molecule has 1 aromatic carbocycles. The van der Waals surface area contributed by atoms with Gasteiger partial charge in [-0.25, -0.2) is 4.79 Å². The fourth-order valence-corrected chi connectivity index (χ4v) is 3.57. The van der Waals surface area contributed by atoms with E-state index in [1.165, 1.54) is 19.1 Å². The summed E-state index contributed by atoms with van der Waals surface area (Å²) < 4.78 is 10.8. The van der Waals surface area contributed by atoms with Gasteiger partial charge in [-0.3, -0.25) is 19.7 Å². The Morgan fingerprint density at radius 2 is 1.94 bits per heavy atom. The summed E-state index contributed by atoms with van der Waals surface area (Å²) in [7, 11) is 0. The van der Waals surface area contributed by atoms with Crippen molar-refractivity contribution in [2.75, 3.05) is 0 Å². The van der Waals surface area contributed by atoms with E-state index in [0.29, 0.717) is 5.56 Å². The number of nitrogens with one attached hydrogen (secondary N) is 2. The molecule has 1 atom stereocenters. The predicted molar refractivity (Wildman–Crippen MR) is 126 cm³/mol. The van der Waals surface area contributed by atoms with E-state index in [1.54, 1.807) is 51.1 Å². The van der Waals surface area contributed by atoms with Gasteiger partial charge in [0.05, 0.1) is 15.4 Å². The number of aliphatic imine (C=N–C) groups is 1. The first-order chi connectivity index (χ1) is 15.9. The maximum atomic E-state index is 12.3. The number of nitro benzene ring substituents is 1. The fourth-order valence-electron chi connectivity index (χ4n) is 2.77. The monoisotopic (exact) mass is 486 g/mol. The van der Waals surface area contributed by atoms with E-state index in [2.05, 4.69) is 15.6 Å². The molecule has 34 heavy (non-hydrogen) atoms. The minimum atomic E-state index is -0.935. The smallest absolute Gasteiger partial charge is 0.408 e. The average molecular weight is 487 g/mol. The molecular weight excluding hydrogens is 464 g/mol. The second-order valence-corrected chi connectivity index (χ2v) is 9.20. The number of rotatable bonds is 5. The largest absolute Gasteiger partial charge is 0.456 e. The summed E-state index contributed by atoms with van der Waals surface area (Å²) in [4.78, 5) is 51.1. The summed E-state index contributed by atoms with van der Waals surface area (Å²) in [6, 6.07) is 8.33. The van der Waals surface area contributed by atoms with Crippen molar-refractivity contribution in [2.24, 2.45) is 4.99 Å². The summed E-state index contributed by atoms with van der Waals surface area (Å²) >= 11 is 0.919. The highest BCUT2D eigenvalue weighted by atomic mass is 32.2. The van der Waals surface area contributed by atoms with Crippen molar-refractivity contribution in [1.82, 2.24) is 10.6 Å². The first-order valence-electron chi connectivity index (χ1n) is 10.1. The van der Waals surface area contributed by atoms with Crippen molar-refractivity contribution in [2.45, 2.75) is 39.3 Å². The third-order valence-electron chi connectivity index (χ3n) is 4.24. The second kappa shape index (κ2) is 9.91. The van der Waals surface area contributed by atoms with Crippen LogP contribution in [0.1, 0.15) is 33.5 Å². The topological polar surface area (TPSA) is 153 Å². The standard InChI is InChI=1S/C22H22N4O7S/c1-12(23-21(29)33-22(2,3)4)18(27)24-20-25-19(28)17(34-20)11-13-9-10-16(32-13)14-7-5-6-8-15(14)26(30)31/h5-12H,1-4H3,(H,23,29)(H,24,25,27,28)/b17-11-/t12-/m0/s1. The van der Waals surface area contributed by atoms with Crippen LogP contribution in [0.5, 0.6) is 0 Å². The lowest BCUT2D eigenvalue weighted by atomic mass is 10.1. The van der Waals surface area contributed by atoms with Gasteiger partial charge >= 0.3 is 6.09 Å². The van der Waals surface area contributed by atoms with E-state index in [-0.39, 0.29) is 27.3 Å². The number of furan rings is 1. The van der Waals surface area contributed by atoms with Crippen molar-refractivity contribution >= 4 is 46.6 Å². The Morgan fingerprint density at radius 1 is 1.24 bits per heavy atom. The van der Waals surface area contributed by atoms with Crippen LogP contribution in [-0.2, 0) is 14.3 Å². The third kappa shape index (κ3) is 6.32. The Balaban J connectivity index is 1.64. The molecule has 0 fully saturated rings. The van der Waals surface area contributed by atoms with Crippen molar-refractivity contribution < 1.29 is 28.5 Å². The van der Waals surface area contributed by atoms with Gasteiger partial charge in [0.1, 0.15) is 23.2 Å². The van der Waals surface area contributed by atoms with E-state index < -0.39 is 34.5 Å². The average Bonchev–Trinajstić information content (AvgIpc) is 3.33. The lowest BCUT2D eigenvalue weighted by Crippen LogP contribution is -2.47. The van der Waals surface area contributed by atoms with Gasteiger partial charge in [0.25, 0.3) is 11.6 Å². The number of para-hydroxylation sites is 1. The molecule has 2 heterocycles. The molecule has 2 aromatic rings. The summed E-state index contributed by atoms with van der Waals surface area (Å²) in [5, 5.41) is 16.2. The molecule has 12 heteroatoms. The van der Waals surface area contributed by atoms with Crippen LogP contribution in [-0.4, -0.2) is 39.6 Å². The van der Waals surface area contributed by atoms with Gasteiger partial charge in [0.15, 0.2) is 5.17 Å². The molecule has 1 aliphatic heterocycles. The molecule has 11 nitrogen and oxygen atoms in total. The zero-order valence-electron chi connectivity index (χ0n) is 18.8. The van der Waals surface area contributed by atoms with E-state index >= 15 is 0 Å². The quantitative estimate of drug-likeness (QED) is 0.367. The second-order valence-electron chi connectivity index (χ2n) is 8.17. The number of thioether (sulfide) groups is 1. The first-order valence-corrected chi connectivity index (χ1v) is 10.9. The van der Waals surface area contributed by atoms with Gasteiger partial charge in [0, 0.05) is 12.1 Å². The predicted octanol–water partition coefficient (Wildman–Crippen LogP) is 3.85. The van der Waals surface area contributed by atoms with Crippen molar-refractivity contribution in [3.8, 4) is 11.3 Å². The van der Waals surface area contributed by atoms with Gasteiger partial charge in [-0.2, -0.15) is 4.99 Å². The minimum absolute atomic E-state index is 0.0459. The maximum Gasteiger partial charge on any atom is 0.408 e. The third-order valence-corrected chi connectivity index (χ3v) is 5.14. The molecule has 0 spiro atoms. The molecule has 0 aliphatic carbocycles. The number of amides is 3. The zero-order valence-corrected chi connectivity index (χ0v) is 19.6. The minimum Gasteiger partial charge on any atom is -0.456 e. The van der Waals surface area contributed by atoms with E-state index in [1.807, 2.05) is 0 Å². The summed E-state index contributed by atoms with van der Waals surface area (Å²) in [5.74, 6) is -0.614. The molecule has 178 valence electrons. The lowest BCUT2D eigenvalue weighted by Gasteiger charge is -2.21. The Bertz CT molecular complexity index is 1210. The van der Waals surface area contributed by atoms with Crippen LogP contribution < -0.4 is 10.6 Å². The zero-order chi connectivity index (χ0) is 25.0. The van der Waals surface area contributed by atoms with Crippen LogP contribution in [0.2, 0.25) is 0 Å². The van der Waals surface area contributed by atoms with Crippen molar-refractivity contribution in [3.63, 3.8) is 0 Å². The summed E-state index contributed by atoms with van der Waals surface area (Å²) in [6.07, 6.45) is 0.677. The molecule has 1 aromatic heterocycles. The van der Waals surface area contributed by atoms with Crippen molar-refractivity contribution in [1.29, 1.82) is 0 Å². The highest BCUT2D eigenvalue weighted by Crippen LogP contribution is 2.33. The summed E-state index contributed by atoms with van der Waals surface area (Å²) in [6.45, 7) is 6.56. The van der Waals surface area contributed by atoms with Gasteiger partial charge in [0.2, 0.25) is 5.91 Å². The Hall–Kier alpha value is -3.93. The van der Waals surface area contributed by atoms with Crippen LogP contribution in [0.15, 0.2) is 50.7 Å². The van der Waals surface area contributed by atoms with Crippen LogP contribution in [0.25, 0.3) is 17.4 Å². The molecule has 0 saturated carbocycles. The number of nitro groups is 1. The van der Waals surface area contributed by atoms with E-state index in [4.69, 9.17) is 9.15 Å². The SMILES string of the molecule is C[C@H](NC(=O)OC(C)(C)C)C(=O)NC1=NC(=O)/C(=C/c2ccc(-c3ccccc3[N+](=O)[O-])o2)S1. The number of alkyl carbamates (subject to hydrolysis) is 1. The van der Waals surface area contributed by atoms with Gasteiger partial charge < -0.3 is 19.8 Å². The van der Waals surface area contributed by atoms with Crippen LogP contribution in [0.3, 0.4) is 0 Å². The molecule has 3 amide bonds. The lowest BCUT2D eigenvalue weighted by molar-refractivity contribution is -0.384. The number of hydrogen-bond acceptors (Lipinski definition) is 8. The number of nitrogens with zero attached hydrogens (tertiary/aromatic N) is 2.